The monoisotopic (exact) mass is 509 g/mol. The van der Waals surface area contributed by atoms with E-state index in [1.54, 1.807) is 0 Å². The third-order valence-electron chi connectivity index (χ3n) is 7.09. The van der Waals surface area contributed by atoms with E-state index in [-0.39, 0.29) is 12.5 Å². The van der Waals surface area contributed by atoms with Gasteiger partial charge in [0.1, 0.15) is 12.6 Å². The van der Waals surface area contributed by atoms with Gasteiger partial charge >= 0.3 is 19.2 Å². The number of carbonyl (C=O) groups is 2. The minimum atomic E-state index is -0.748. The molecule has 8 heteroatoms. The van der Waals surface area contributed by atoms with Crippen molar-refractivity contribution in [3.8, 4) is 0 Å². The molecular formula is C29H40BNO6. The summed E-state index contributed by atoms with van der Waals surface area (Å²) in [5.41, 5.74) is 1.95. The lowest BCUT2D eigenvalue weighted by atomic mass is 9.78. The van der Waals surface area contributed by atoms with Gasteiger partial charge in [-0.2, -0.15) is 0 Å². The highest BCUT2D eigenvalue weighted by Crippen LogP contribution is 2.36. The molecule has 0 aromatic heterocycles. The number of esters is 1. The standard InChI is InChI=1S/C29H40BNO6/c1-21(2)18-25(26(32)35-20-23-12-9-8-10-13-23)31(27(33)34-7)17-16-22-14-11-15-24(19-22)30-36-28(3,4)29(5,6)37-30/h8-15,19,21,25H,16-18,20H2,1-7H3/t25-/m0/s1. The van der Waals surface area contributed by atoms with Crippen molar-refractivity contribution in [2.24, 2.45) is 5.92 Å². The van der Waals surface area contributed by atoms with E-state index in [2.05, 4.69) is 0 Å². The number of nitrogens with zero attached hydrogens (tertiary/aromatic N) is 1. The summed E-state index contributed by atoms with van der Waals surface area (Å²) in [6.45, 7) is 12.6. The second-order valence-corrected chi connectivity index (χ2v) is 11.0. The number of hydrogen-bond donors (Lipinski definition) is 0. The Morgan fingerprint density at radius 3 is 2.16 bits per heavy atom. The molecule has 1 saturated heterocycles. The number of carbonyl (C=O) groups excluding carboxylic acids is 2. The Morgan fingerprint density at radius 1 is 0.946 bits per heavy atom. The molecule has 1 atom stereocenters. The molecule has 0 bridgehead atoms. The molecular weight excluding hydrogens is 469 g/mol. The predicted molar refractivity (Wildman–Crippen MR) is 144 cm³/mol. The van der Waals surface area contributed by atoms with E-state index >= 15 is 0 Å². The number of methoxy groups -OCH3 is 1. The summed E-state index contributed by atoms with van der Waals surface area (Å²) in [5.74, 6) is -0.262. The zero-order chi connectivity index (χ0) is 27.2. The maximum Gasteiger partial charge on any atom is 0.494 e. The average molecular weight is 509 g/mol. The van der Waals surface area contributed by atoms with Crippen molar-refractivity contribution in [1.82, 2.24) is 4.90 Å². The first kappa shape index (κ1) is 28.7. The summed E-state index contributed by atoms with van der Waals surface area (Å²) in [7, 11) is 0.860. The first-order chi connectivity index (χ1) is 17.4. The van der Waals surface area contributed by atoms with E-state index in [1.807, 2.05) is 96.1 Å². The third kappa shape index (κ3) is 7.36. The second-order valence-electron chi connectivity index (χ2n) is 11.0. The van der Waals surface area contributed by atoms with Crippen LogP contribution in [-0.4, -0.2) is 55.0 Å². The molecule has 0 aliphatic carbocycles. The third-order valence-corrected chi connectivity index (χ3v) is 7.09. The van der Waals surface area contributed by atoms with Crippen LogP contribution in [-0.2, 0) is 36.6 Å². The van der Waals surface area contributed by atoms with Crippen LogP contribution >= 0.6 is 0 Å². The minimum absolute atomic E-state index is 0.152. The Labute approximate surface area is 221 Å². The van der Waals surface area contributed by atoms with Gasteiger partial charge < -0.3 is 18.8 Å². The van der Waals surface area contributed by atoms with E-state index in [1.165, 1.54) is 12.0 Å². The number of rotatable bonds is 10. The number of hydrogen-bond acceptors (Lipinski definition) is 6. The second kappa shape index (κ2) is 12.1. The molecule has 200 valence electrons. The lowest BCUT2D eigenvalue weighted by Crippen LogP contribution is -2.47. The van der Waals surface area contributed by atoms with Crippen molar-refractivity contribution >= 4 is 24.6 Å². The Kier molecular flexibility index (Phi) is 9.43. The molecule has 2 aromatic carbocycles. The molecule has 1 aliphatic rings. The van der Waals surface area contributed by atoms with Gasteiger partial charge in [0.15, 0.2) is 0 Å². The van der Waals surface area contributed by atoms with Gasteiger partial charge in [0.2, 0.25) is 0 Å². The van der Waals surface area contributed by atoms with Gasteiger partial charge in [-0.05, 0) is 63.0 Å². The average Bonchev–Trinajstić information content (AvgIpc) is 3.08. The highest BCUT2D eigenvalue weighted by molar-refractivity contribution is 6.62. The fraction of sp³-hybridized carbons (Fsp3) is 0.517. The summed E-state index contributed by atoms with van der Waals surface area (Å²) >= 11 is 0. The molecule has 37 heavy (non-hydrogen) atoms. The number of amides is 1. The van der Waals surface area contributed by atoms with E-state index in [4.69, 9.17) is 18.8 Å². The molecule has 1 amide bonds. The van der Waals surface area contributed by atoms with Crippen LogP contribution in [0, 0.1) is 5.92 Å². The van der Waals surface area contributed by atoms with Gasteiger partial charge in [-0.25, -0.2) is 9.59 Å². The number of ether oxygens (including phenoxy) is 2. The van der Waals surface area contributed by atoms with Crippen molar-refractivity contribution in [3.05, 3.63) is 65.7 Å². The zero-order valence-electron chi connectivity index (χ0n) is 23.2. The molecule has 1 fully saturated rings. The van der Waals surface area contributed by atoms with Gasteiger partial charge in [-0.3, -0.25) is 4.90 Å². The maximum atomic E-state index is 13.2. The van der Waals surface area contributed by atoms with Gasteiger partial charge in [0, 0.05) is 6.54 Å². The molecule has 7 nitrogen and oxygen atoms in total. The summed E-state index contributed by atoms with van der Waals surface area (Å²) in [4.78, 5) is 27.5. The lowest BCUT2D eigenvalue weighted by Gasteiger charge is -2.32. The lowest BCUT2D eigenvalue weighted by molar-refractivity contribution is -0.151. The van der Waals surface area contributed by atoms with Crippen LogP contribution in [0.3, 0.4) is 0 Å². The molecule has 0 spiro atoms. The smallest absolute Gasteiger partial charge is 0.459 e. The molecule has 3 rings (SSSR count). The van der Waals surface area contributed by atoms with Crippen LogP contribution in [0.25, 0.3) is 0 Å². The minimum Gasteiger partial charge on any atom is -0.459 e. The molecule has 0 saturated carbocycles. The van der Waals surface area contributed by atoms with Gasteiger partial charge in [0.25, 0.3) is 0 Å². The van der Waals surface area contributed by atoms with Crippen molar-refractivity contribution in [2.45, 2.75) is 78.2 Å². The van der Waals surface area contributed by atoms with Crippen molar-refractivity contribution in [1.29, 1.82) is 0 Å². The van der Waals surface area contributed by atoms with Crippen LogP contribution in [0.2, 0.25) is 0 Å². The highest BCUT2D eigenvalue weighted by atomic mass is 16.7. The quantitative estimate of drug-likeness (QED) is 0.340. The van der Waals surface area contributed by atoms with Crippen LogP contribution in [0.5, 0.6) is 0 Å². The Balaban J connectivity index is 1.74. The predicted octanol–water partition coefficient (Wildman–Crippen LogP) is 4.75. The van der Waals surface area contributed by atoms with Crippen molar-refractivity contribution in [3.63, 3.8) is 0 Å². The summed E-state index contributed by atoms with van der Waals surface area (Å²) < 4.78 is 23.1. The highest BCUT2D eigenvalue weighted by Gasteiger charge is 2.51. The summed E-state index contributed by atoms with van der Waals surface area (Å²) in [6.07, 6.45) is 0.448. The first-order valence-corrected chi connectivity index (χ1v) is 12.9. The van der Waals surface area contributed by atoms with Gasteiger partial charge in [0.05, 0.1) is 18.3 Å². The Morgan fingerprint density at radius 2 is 1.57 bits per heavy atom. The van der Waals surface area contributed by atoms with Gasteiger partial charge in [-0.15, -0.1) is 0 Å². The largest absolute Gasteiger partial charge is 0.494 e. The first-order valence-electron chi connectivity index (χ1n) is 12.9. The Hall–Kier alpha value is -2.84. The van der Waals surface area contributed by atoms with Crippen LogP contribution in [0.15, 0.2) is 54.6 Å². The van der Waals surface area contributed by atoms with E-state index < -0.39 is 36.4 Å². The molecule has 0 unspecified atom stereocenters. The van der Waals surface area contributed by atoms with E-state index in [0.29, 0.717) is 19.4 Å². The Bertz CT molecular complexity index is 1040. The summed E-state index contributed by atoms with van der Waals surface area (Å²) in [6, 6.07) is 16.7. The zero-order valence-corrected chi connectivity index (χ0v) is 23.2. The van der Waals surface area contributed by atoms with Crippen LogP contribution < -0.4 is 5.46 Å². The molecule has 2 aromatic rings. The van der Waals surface area contributed by atoms with Crippen LogP contribution in [0.1, 0.15) is 59.1 Å². The number of benzene rings is 2. The van der Waals surface area contributed by atoms with Gasteiger partial charge in [-0.1, -0.05) is 68.4 Å². The summed E-state index contributed by atoms with van der Waals surface area (Å²) in [5, 5.41) is 0. The van der Waals surface area contributed by atoms with E-state index in [9.17, 15) is 9.59 Å². The SMILES string of the molecule is COC(=O)N(CCc1cccc(B2OC(C)(C)C(C)(C)O2)c1)[C@@H](CC(C)C)C(=O)OCc1ccccc1. The van der Waals surface area contributed by atoms with E-state index in [0.717, 1.165) is 16.6 Å². The maximum absolute atomic E-state index is 13.2. The molecule has 1 aliphatic heterocycles. The van der Waals surface area contributed by atoms with Crippen molar-refractivity contribution < 1.29 is 28.4 Å². The molecule has 0 N–H and O–H groups in total. The van der Waals surface area contributed by atoms with Crippen LogP contribution in [0.4, 0.5) is 4.79 Å². The normalized spacial score (nSPS) is 16.9. The molecule has 0 radical (unpaired) electrons. The fourth-order valence-corrected chi connectivity index (χ4v) is 4.24. The fourth-order valence-electron chi connectivity index (χ4n) is 4.24. The topological polar surface area (TPSA) is 74.3 Å². The molecule has 1 heterocycles. The van der Waals surface area contributed by atoms with Crippen molar-refractivity contribution in [2.75, 3.05) is 13.7 Å².